The van der Waals surface area contributed by atoms with Gasteiger partial charge in [0.25, 0.3) is 0 Å². The van der Waals surface area contributed by atoms with Crippen LogP contribution in [0.3, 0.4) is 0 Å². The average Bonchev–Trinajstić information content (AvgIpc) is 3.56. The van der Waals surface area contributed by atoms with Crippen molar-refractivity contribution in [3.63, 3.8) is 0 Å². The molecule has 1 aliphatic heterocycles. The van der Waals surface area contributed by atoms with Gasteiger partial charge >= 0.3 is 0 Å². The maximum atomic E-state index is 13.0. The highest BCUT2D eigenvalue weighted by atomic mass is 32.2. The van der Waals surface area contributed by atoms with Crippen LogP contribution in [0.5, 0.6) is 0 Å². The summed E-state index contributed by atoms with van der Waals surface area (Å²) in [5.74, 6) is 1.43. The van der Waals surface area contributed by atoms with Crippen molar-refractivity contribution in [2.45, 2.75) is 47.5 Å². The van der Waals surface area contributed by atoms with Crippen molar-refractivity contribution in [1.82, 2.24) is 24.0 Å². The van der Waals surface area contributed by atoms with Crippen molar-refractivity contribution in [3.05, 3.63) is 48.8 Å². The number of carbonyl (C=O) groups is 1. The van der Waals surface area contributed by atoms with E-state index < -0.39 is 10.0 Å². The van der Waals surface area contributed by atoms with Gasteiger partial charge in [0.05, 0.1) is 10.1 Å². The molecule has 1 aromatic heterocycles. The van der Waals surface area contributed by atoms with E-state index in [1.807, 2.05) is 17.6 Å². The second-order valence-electron chi connectivity index (χ2n) is 7.82. The maximum absolute atomic E-state index is 13.0. The molecular weight excluding hydrogens is 434 g/mol. The standard InChI is InChI=1S/C21H27N5O3S2/c1-3-11-26-19(17-9-10-17)22-23-21(26)30-16(2)20(27)24-12-14-25(15-13-24)31(28,29)18-7-5-4-6-8-18/h3-8,16-17H,1,9-15H2,2H3. The van der Waals surface area contributed by atoms with Crippen LogP contribution in [0.15, 0.2) is 53.0 Å². The first kappa shape index (κ1) is 22.0. The van der Waals surface area contributed by atoms with Gasteiger partial charge in [-0.3, -0.25) is 4.79 Å². The molecular formula is C21H27N5O3S2. The fourth-order valence-corrected chi connectivity index (χ4v) is 6.08. The third kappa shape index (κ3) is 4.70. The number of amides is 1. The summed E-state index contributed by atoms with van der Waals surface area (Å²) >= 11 is 1.40. The molecule has 10 heteroatoms. The third-order valence-corrected chi connectivity index (χ3v) is 8.54. The van der Waals surface area contributed by atoms with Crippen molar-refractivity contribution in [2.75, 3.05) is 26.2 Å². The molecule has 0 bridgehead atoms. The van der Waals surface area contributed by atoms with Gasteiger partial charge in [-0.25, -0.2) is 8.42 Å². The summed E-state index contributed by atoms with van der Waals surface area (Å²) < 4.78 is 29.1. The molecule has 1 atom stereocenters. The highest BCUT2D eigenvalue weighted by molar-refractivity contribution is 8.00. The smallest absolute Gasteiger partial charge is 0.243 e. The minimum Gasteiger partial charge on any atom is -0.339 e. The molecule has 1 unspecified atom stereocenters. The fourth-order valence-electron chi connectivity index (χ4n) is 3.69. The van der Waals surface area contributed by atoms with Crippen LogP contribution in [0.4, 0.5) is 0 Å². The number of aromatic nitrogens is 3. The van der Waals surface area contributed by atoms with Crippen LogP contribution in [0.2, 0.25) is 0 Å². The Bertz CT molecular complexity index is 1040. The third-order valence-electron chi connectivity index (χ3n) is 5.56. The number of piperazine rings is 1. The van der Waals surface area contributed by atoms with Crippen LogP contribution in [0.25, 0.3) is 0 Å². The lowest BCUT2D eigenvalue weighted by atomic mass is 10.3. The number of hydrogen-bond acceptors (Lipinski definition) is 6. The zero-order valence-electron chi connectivity index (χ0n) is 17.6. The van der Waals surface area contributed by atoms with Crippen molar-refractivity contribution in [3.8, 4) is 0 Å². The molecule has 1 amide bonds. The van der Waals surface area contributed by atoms with Gasteiger partial charge in [0, 0.05) is 38.6 Å². The predicted molar refractivity (Wildman–Crippen MR) is 119 cm³/mol. The van der Waals surface area contributed by atoms with Crippen LogP contribution in [-0.2, 0) is 21.4 Å². The SMILES string of the molecule is C=CCn1c(SC(C)C(=O)N2CCN(S(=O)(=O)c3ccccc3)CC2)nnc1C1CC1. The van der Waals surface area contributed by atoms with E-state index in [9.17, 15) is 13.2 Å². The molecule has 0 N–H and O–H groups in total. The first-order chi connectivity index (χ1) is 14.9. The first-order valence-corrected chi connectivity index (χ1v) is 12.8. The summed E-state index contributed by atoms with van der Waals surface area (Å²) in [6.45, 7) is 7.64. The minimum absolute atomic E-state index is 0.0112. The molecule has 0 radical (unpaired) electrons. The largest absolute Gasteiger partial charge is 0.339 e. The molecule has 2 heterocycles. The zero-order chi connectivity index (χ0) is 22.0. The molecule has 31 heavy (non-hydrogen) atoms. The van der Waals surface area contributed by atoms with Gasteiger partial charge in [-0.05, 0) is 31.9 Å². The van der Waals surface area contributed by atoms with Gasteiger partial charge in [-0.1, -0.05) is 36.0 Å². The van der Waals surface area contributed by atoms with Crippen LogP contribution in [0.1, 0.15) is 31.5 Å². The van der Waals surface area contributed by atoms with E-state index in [-0.39, 0.29) is 16.1 Å². The Morgan fingerprint density at radius 3 is 2.48 bits per heavy atom. The molecule has 1 saturated carbocycles. The molecule has 8 nitrogen and oxygen atoms in total. The summed E-state index contributed by atoms with van der Waals surface area (Å²) in [7, 11) is -3.53. The number of nitrogens with zero attached hydrogens (tertiary/aromatic N) is 5. The lowest BCUT2D eigenvalue weighted by Gasteiger charge is -2.35. The average molecular weight is 462 g/mol. The Labute approximate surface area is 187 Å². The predicted octanol–water partition coefficient (Wildman–Crippen LogP) is 2.36. The van der Waals surface area contributed by atoms with Gasteiger partial charge in [0.15, 0.2) is 5.16 Å². The number of benzene rings is 1. The zero-order valence-corrected chi connectivity index (χ0v) is 19.2. The van der Waals surface area contributed by atoms with E-state index in [4.69, 9.17) is 0 Å². The van der Waals surface area contributed by atoms with Crippen LogP contribution < -0.4 is 0 Å². The summed E-state index contributed by atoms with van der Waals surface area (Å²) in [5, 5.41) is 9.04. The molecule has 1 saturated heterocycles. The molecule has 4 rings (SSSR count). The Morgan fingerprint density at radius 2 is 1.87 bits per heavy atom. The molecule has 166 valence electrons. The molecule has 1 aromatic carbocycles. The lowest BCUT2D eigenvalue weighted by Crippen LogP contribution is -2.52. The Balaban J connectivity index is 1.37. The number of allylic oxidation sites excluding steroid dienone is 1. The van der Waals surface area contributed by atoms with Crippen molar-refractivity contribution < 1.29 is 13.2 Å². The molecule has 0 spiro atoms. The van der Waals surface area contributed by atoms with Gasteiger partial charge in [0.1, 0.15) is 5.82 Å². The number of rotatable bonds is 8. The topological polar surface area (TPSA) is 88.4 Å². The van der Waals surface area contributed by atoms with Crippen LogP contribution in [-0.4, -0.2) is 69.7 Å². The van der Waals surface area contributed by atoms with Crippen molar-refractivity contribution >= 4 is 27.7 Å². The van der Waals surface area contributed by atoms with Gasteiger partial charge in [-0.15, -0.1) is 16.8 Å². The molecule has 1 aliphatic carbocycles. The molecule has 2 aliphatic rings. The number of hydrogen-bond donors (Lipinski definition) is 0. The van der Waals surface area contributed by atoms with E-state index in [1.54, 1.807) is 35.2 Å². The van der Waals surface area contributed by atoms with Crippen molar-refractivity contribution in [2.24, 2.45) is 0 Å². The highest BCUT2D eigenvalue weighted by Gasteiger charge is 2.33. The molecule has 2 fully saturated rings. The summed E-state index contributed by atoms with van der Waals surface area (Å²) in [5.41, 5.74) is 0. The maximum Gasteiger partial charge on any atom is 0.243 e. The Hall–Kier alpha value is -2.17. The highest BCUT2D eigenvalue weighted by Crippen LogP contribution is 2.40. The van der Waals surface area contributed by atoms with Crippen LogP contribution >= 0.6 is 11.8 Å². The summed E-state index contributed by atoms with van der Waals surface area (Å²) in [6, 6.07) is 8.41. The second-order valence-corrected chi connectivity index (χ2v) is 11.1. The van der Waals surface area contributed by atoms with E-state index in [2.05, 4.69) is 16.8 Å². The number of carbonyl (C=O) groups excluding carboxylic acids is 1. The summed E-state index contributed by atoms with van der Waals surface area (Å²) in [4.78, 5) is 15.0. The van der Waals surface area contributed by atoms with E-state index in [1.165, 1.54) is 16.1 Å². The monoisotopic (exact) mass is 461 g/mol. The normalized spacial score (nSPS) is 18.7. The lowest BCUT2D eigenvalue weighted by molar-refractivity contribution is -0.131. The van der Waals surface area contributed by atoms with Gasteiger partial charge in [-0.2, -0.15) is 4.31 Å². The second kappa shape index (κ2) is 9.13. The van der Waals surface area contributed by atoms with Crippen molar-refractivity contribution in [1.29, 1.82) is 0 Å². The molecule has 2 aromatic rings. The number of thioether (sulfide) groups is 1. The number of sulfonamides is 1. The van der Waals surface area contributed by atoms with E-state index >= 15 is 0 Å². The minimum atomic E-state index is -3.53. The first-order valence-electron chi connectivity index (χ1n) is 10.5. The Kier molecular flexibility index (Phi) is 6.49. The van der Waals surface area contributed by atoms with E-state index in [0.29, 0.717) is 38.6 Å². The van der Waals surface area contributed by atoms with Gasteiger partial charge in [0.2, 0.25) is 15.9 Å². The van der Waals surface area contributed by atoms with Crippen LogP contribution in [0, 0.1) is 0 Å². The summed E-state index contributed by atoms with van der Waals surface area (Å²) in [6.07, 6.45) is 4.08. The quantitative estimate of drug-likeness (QED) is 0.443. The fraction of sp³-hybridized carbons (Fsp3) is 0.476. The van der Waals surface area contributed by atoms with E-state index in [0.717, 1.165) is 23.8 Å². The van der Waals surface area contributed by atoms with Gasteiger partial charge < -0.3 is 9.47 Å². The Morgan fingerprint density at radius 1 is 1.19 bits per heavy atom.